The highest BCUT2D eigenvalue weighted by atomic mass is 19.2. The molecule has 5 heteroatoms. The van der Waals surface area contributed by atoms with E-state index in [1.807, 2.05) is 6.07 Å². The lowest BCUT2D eigenvalue weighted by Gasteiger charge is -2.08. The van der Waals surface area contributed by atoms with E-state index in [1.165, 1.54) is 55.7 Å². The van der Waals surface area contributed by atoms with E-state index in [1.54, 1.807) is 12.1 Å². The summed E-state index contributed by atoms with van der Waals surface area (Å²) in [6.07, 6.45) is 6.52. The Hall–Kier alpha value is -3.65. The zero-order chi connectivity index (χ0) is 25.7. The minimum Gasteiger partial charge on any atom is -0.206 e. The van der Waals surface area contributed by atoms with Crippen molar-refractivity contribution in [3.63, 3.8) is 0 Å². The fraction of sp³-hybridized carbons (Fsp3) is 0.226. The highest BCUT2D eigenvalue weighted by Gasteiger charge is 2.13. The van der Waals surface area contributed by atoms with Crippen LogP contribution < -0.4 is 0 Å². The standard InChI is InChI=1S/C31H25F5/c1-2-3-4-5-6-7-20-9-14-25(28(33)17-20)23-13-12-22(27(32)18-23)11-8-21-10-15-26-24(16-21)19-29(34)31(36)30(26)35/h9-10,12-19H,2-7H2,1H3. The van der Waals surface area contributed by atoms with Crippen LogP contribution in [0.25, 0.3) is 21.9 Å². The molecule has 0 saturated carbocycles. The van der Waals surface area contributed by atoms with Crippen LogP contribution in [0.4, 0.5) is 22.0 Å². The van der Waals surface area contributed by atoms with Crippen molar-refractivity contribution in [1.82, 2.24) is 0 Å². The van der Waals surface area contributed by atoms with Gasteiger partial charge in [0.25, 0.3) is 0 Å². The molecule has 0 aliphatic carbocycles. The van der Waals surface area contributed by atoms with E-state index in [9.17, 15) is 22.0 Å². The van der Waals surface area contributed by atoms with Gasteiger partial charge in [-0.15, -0.1) is 0 Å². The van der Waals surface area contributed by atoms with Gasteiger partial charge in [-0.3, -0.25) is 0 Å². The van der Waals surface area contributed by atoms with Crippen molar-refractivity contribution in [2.45, 2.75) is 45.4 Å². The van der Waals surface area contributed by atoms with Crippen molar-refractivity contribution in [2.24, 2.45) is 0 Å². The van der Waals surface area contributed by atoms with E-state index < -0.39 is 29.1 Å². The number of aryl methyl sites for hydroxylation is 1. The molecule has 184 valence electrons. The second kappa shape index (κ2) is 11.4. The molecule has 0 saturated heterocycles. The van der Waals surface area contributed by atoms with E-state index in [2.05, 4.69) is 18.8 Å². The van der Waals surface area contributed by atoms with Gasteiger partial charge in [0, 0.05) is 16.5 Å². The molecule has 36 heavy (non-hydrogen) atoms. The number of fused-ring (bicyclic) bond motifs is 1. The Morgan fingerprint density at radius 1 is 0.639 bits per heavy atom. The van der Waals surface area contributed by atoms with Gasteiger partial charge in [-0.1, -0.05) is 68.7 Å². The molecule has 4 aromatic carbocycles. The Morgan fingerprint density at radius 3 is 2.19 bits per heavy atom. The number of halogens is 5. The van der Waals surface area contributed by atoms with Gasteiger partial charge in [-0.05, 0) is 65.8 Å². The second-order valence-corrected chi connectivity index (χ2v) is 8.85. The third-order valence-electron chi connectivity index (χ3n) is 6.20. The quantitative estimate of drug-likeness (QED) is 0.104. The average molecular weight is 493 g/mol. The third kappa shape index (κ3) is 5.76. The van der Waals surface area contributed by atoms with Crippen LogP contribution in [0.1, 0.15) is 55.7 Å². The molecule has 0 heterocycles. The van der Waals surface area contributed by atoms with Crippen molar-refractivity contribution in [3.8, 4) is 23.0 Å². The molecule has 0 spiro atoms. The van der Waals surface area contributed by atoms with E-state index in [4.69, 9.17) is 0 Å². The molecule has 0 bridgehead atoms. The van der Waals surface area contributed by atoms with Crippen LogP contribution >= 0.6 is 0 Å². The number of hydrogen-bond acceptors (Lipinski definition) is 0. The summed E-state index contributed by atoms with van der Waals surface area (Å²) < 4.78 is 70.4. The molecule has 0 nitrogen and oxygen atoms in total. The molecule has 0 radical (unpaired) electrons. The summed E-state index contributed by atoms with van der Waals surface area (Å²) in [7, 11) is 0. The molecule has 0 aliphatic heterocycles. The Kier molecular flexibility index (Phi) is 8.05. The van der Waals surface area contributed by atoms with E-state index in [-0.39, 0.29) is 16.3 Å². The summed E-state index contributed by atoms with van der Waals surface area (Å²) in [6, 6.07) is 14.4. The van der Waals surface area contributed by atoms with Crippen LogP contribution in [0.5, 0.6) is 0 Å². The Morgan fingerprint density at radius 2 is 1.44 bits per heavy atom. The normalized spacial score (nSPS) is 10.9. The number of hydrogen-bond donors (Lipinski definition) is 0. The van der Waals surface area contributed by atoms with E-state index in [0.717, 1.165) is 30.9 Å². The molecular weight excluding hydrogens is 467 g/mol. The summed E-state index contributed by atoms with van der Waals surface area (Å²) in [5.74, 6) is 0.352. The lowest BCUT2D eigenvalue weighted by atomic mass is 9.99. The molecule has 4 aromatic rings. The molecule has 0 N–H and O–H groups in total. The lowest BCUT2D eigenvalue weighted by Crippen LogP contribution is -1.93. The van der Waals surface area contributed by atoms with Gasteiger partial charge in [0.1, 0.15) is 11.6 Å². The van der Waals surface area contributed by atoms with Crippen molar-refractivity contribution in [3.05, 3.63) is 106 Å². The number of benzene rings is 4. The van der Waals surface area contributed by atoms with Gasteiger partial charge in [-0.2, -0.15) is 0 Å². The molecular formula is C31H25F5. The monoisotopic (exact) mass is 492 g/mol. The Balaban J connectivity index is 1.51. The predicted molar refractivity (Wildman–Crippen MR) is 134 cm³/mol. The number of unbranched alkanes of at least 4 members (excludes halogenated alkanes) is 4. The van der Waals surface area contributed by atoms with Crippen molar-refractivity contribution >= 4 is 10.8 Å². The Labute approximate surface area is 207 Å². The lowest BCUT2D eigenvalue weighted by molar-refractivity contribution is 0.453. The number of rotatable bonds is 7. The molecule has 0 unspecified atom stereocenters. The molecule has 0 aliphatic rings. The smallest absolute Gasteiger partial charge is 0.195 e. The average Bonchev–Trinajstić information content (AvgIpc) is 2.86. The highest BCUT2D eigenvalue weighted by molar-refractivity contribution is 5.84. The van der Waals surface area contributed by atoms with Crippen molar-refractivity contribution in [1.29, 1.82) is 0 Å². The first-order valence-corrected chi connectivity index (χ1v) is 12.0. The van der Waals surface area contributed by atoms with Crippen LogP contribution in [0.2, 0.25) is 0 Å². The van der Waals surface area contributed by atoms with Crippen molar-refractivity contribution in [2.75, 3.05) is 0 Å². The molecule has 0 amide bonds. The maximum absolute atomic E-state index is 14.8. The van der Waals surface area contributed by atoms with Crippen LogP contribution in [-0.2, 0) is 6.42 Å². The first kappa shape index (κ1) is 25.4. The third-order valence-corrected chi connectivity index (χ3v) is 6.20. The van der Waals surface area contributed by atoms with Gasteiger partial charge in [0.05, 0.1) is 5.56 Å². The van der Waals surface area contributed by atoms with Gasteiger partial charge in [0.15, 0.2) is 17.5 Å². The van der Waals surface area contributed by atoms with Gasteiger partial charge < -0.3 is 0 Å². The summed E-state index contributed by atoms with van der Waals surface area (Å²) in [4.78, 5) is 0. The largest absolute Gasteiger partial charge is 0.206 e. The molecule has 0 aromatic heterocycles. The second-order valence-electron chi connectivity index (χ2n) is 8.85. The molecule has 0 fully saturated rings. The summed E-state index contributed by atoms with van der Waals surface area (Å²) in [5, 5.41) is 0.0772. The highest BCUT2D eigenvalue weighted by Crippen LogP contribution is 2.27. The SMILES string of the molecule is CCCCCCCc1ccc(-c2ccc(C#Cc3ccc4c(F)c(F)c(F)cc4c3)c(F)c2)c(F)c1. The van der Waals surface area contributed by atoms with Crippen molar-refractivity contribution < 1.29 is 22.0 Å². The van der Waals surface area contributed by atoms with E-state index >= 15 is 0 Å². The van der Waals surface area contributed by atoms with E-state index in [0.29, 0.717) is 16.7 Å². The first-order valence-electron chi connectivity index (χ1n) is 12.0. The minimum absolute atomic E-state index is 0.0699. The maximum Gasteiger partial charge on any atom is 0.195 e. The Bertz CT molecular complexity index is 1460. The molecule has 4 rings (SSSR count). The van der Waals surface area contributed by atoms with Gasteiger partial charge in [-0.25, -0.2) is 22.0 Å². The maximum atomic E-state index is 14.8. The van der Waals surface area contributed by atoms with Crippen LogP contribution in [0.15, 0.2) is 60.7 Å². The summed E-state index contributed by atoms with van der Waals surface area (Å²) in [6.45, 7) is 2.16. The zero-order valence-electron chi connectivity index (χ0n) is 19.9. The zero-order valence-corrected chi connectivity index (χ0v) is 19.9. The minimum atomic E-state index is -1.53. The fourth-order valence-corrected chi connectivity index (χ4v) is 4.19. The summed E-state index contributed by atoms with van der Waals surface area (Å²) in [5.41, 5.74) is 2.12. The van der Waals surface area contributed by atoms with Crippen LogP contribution in [-0.4, -0.2) is 0 Å². The first-order chi connectivity index (χ1) is 17.4. The summed E-state index contributed by atoms with van der Waals surface area (Å²) >= 11 is 0. The van der Waals surface area contributed by atoms with Gasteiger partial charge >= 0.3 is 0 Å². The van der Waals surface area contributed by atoms with Crippen LogP contribution in [0.3, 0.4) is 0 Å². The topological polar surface area (TPSA) is 0 Å². The van der Waals surface area contributed by atoms with Crippen LogP contribution in [0, 0.1) is 40.9 Å². The fourth-order valence-electron chi connectivity index (χ4n) is 4.19. The van der Waals surface area contributed by atoms with Gasteiger partial charge in [0.2, 0.25) is 0 Å². The molecule has 0 atom stereocenters. The predicted octanol–water partition coefficient (Wildman–Crippen LogP) is 9.11.